The molecule has 0 heterocycles. The molecule has 0 amide bonds. The zero-order valence-electron chi connectivity index (χ0n) is 18.6. The topological polar surface area (TPSA) is 30.5 Å². The Labute approximate surface area is 190 Å². The summed E-state index contributed by atoms with van der Waals surface area (Å²) >= 11 is 0. The van der Waals surface area contributed by atoms with E-state index in [-0.39, 0.29) is 5.92 Å². The lowest BCUT2D eigenvalue weighted by molar-refractivity contribution is 0.340. The molecular formula is C29H29NO2. The number of ether oxygens (including phenoxy) is 2. The van der Waals surface area contributed by atoms with Crippen molar-refractivity contribution in [1.82, 2.24) is 0 Å². The van der Waals surface area contributed by atoms with Crippen LogP contribution in [0.3, 0.4) is 0 Å². The van der Waals surface area contributed by atoms with Gasteiger partial charge in [-0.15, -0.1) is 0 Å². The highest BCUT2D eigenvalue weighted by Gasteiger charge is 2.17. The first-order valence-corrected chi connectivity index (χ1v) is 11.1. The van der Waals surface area contributed by atoms with Gasteiger partial charge in [-0.25, -0.2) is 0 Å². The van der Waals surface area contributed by atoms with Gasteiger partial charge in [0.2, 0.25) is 0 Å². The lowest BCUT2D eigenvalue weighted by Crippen LogP contribution is -2.04. The Kier molecular flexibility index (Phi) is 7.08. The van der Waals surface area contributed by atoms with Crippen LogP contribution in [0.4, 0.5) is 11.4 Å². The number of rotatable bonds is 9. The van der Waals surface area contributed by atoms with Crippen LogP contribution < -0.4 is 14.8 Å². The van der Waals surface area contributed by atoms with Crippen molar-refractivity contribution in [3.8, 4) is 11.5 Å². The Balaban J connectivity index is 1.65. The number of anilines is 2. The molecule has 4 aromatic carbocycles. The van der Waals surface area contributed by atoms with Crippen LogP contribution in [0.15, 0.2) is 103 Å². The molecule has 0 spiro atoms. The molecule has 0 saturated carbocycles. The second-order valence-electron chi connectivity index (χ2n) is 7.55. The monoisotopic (exact) mass is 423 g/mol. The summed E-state index contributed by atoms with van der Waals surface area (Å²) in [5, 5.41) is 3.46. The third-order valence-corrected chi connectivity index (χ3v) is 5.36. The molecule has 4 aromatic rings. The second kappa shape index (κ2) is 10.5. The molecule has 3 nitrogen and oxygen atoms in total. The minimum atomic E-state index is 0.118. The maximum Gasteiger partial charge on any atom is 0.119 e. The molecular weight excluding hydrogens is 394 g/mol. The Morgan fingerprint density at radius 1 is 0.531 bits per heavy atom. The van der Waals surface area contributed by atoms with E-state index in [2.05, 4.69) is 66.0 Å². The molecule has 0 aliphatic rings. The zero-order valence-corrected chi connectivity index (χ0v) is 18.6. The molecule has 0 atom stereocenters. The van der Waals surface area contributed by atoms with Crippen molar-refractivity contribution < 1.29 is 9.47 Å². The van der Waals surface area contributed by atoms with E-state index in [1.54, 1.807) is 0 Å². The van der Waals surface area contributed by atoms with Gasteiger partial charge in [-0.2, -0.15) is 0 Å². The molecule has 3 heteroatoms. The molecule has 0 aromatic heterocycles. The van der Waals surface area contributed by atoms with Crippen LogP contribution in [0.5, 0.6) is 11.5 Å². The van der Waals surface area contributed by atoms with Crippen molar-refractivity contribution in [3.63, 3.8) is 0 Å². The van der Waals surface area contributed by atoms with E-state index in [9.17, 15) is 0 Å². The van der Waals surface area contributed by atoms with Crippen LogP contribution >= 0.6 is 0 Å². The smallest absolute Gasteiger partial charge is 0.119 e. The van der Waals surface area contributed by atoms with Crippen molar-refractivity contribution in [1.29, 1.82) is 0 Å². The largest absolute Gasteiger partial charge is 0.494 e. The molecule has 0 saturated heterocycles. The minimum absolute atomic E-state index is 0.118. The van der Waals surface area contributed by atoms with E-state index in [0.29, 0.717) is 13.2 Å². The third kappa shape index (κ3) is 5.30. The first kappa shape index (κ1) is 21.5. The third-order valence-electron chi connectivity index (χ3n) is 5.36. The Morgan fingerprint density at radius 2 is 0.938 bits per heavy atom. The maximum atomic E-state index is 5.64. The lowest BCUT2D eigenvalue weighted by atomic mass is 9.85. The number of hydrogen-bond donors (Lipinski definition) is 1. The summed E-state index contributed by atoms with van der Waals surface area (Å²) in [5.74, 6) is 1.90. The quantitative estimate of drug-likeness (QED) is 0.284. The molecule has 0 bridgehead atoms. The summed E-state index contributed by atoms with van der Waals surface area (Å²) < 4.78 is 11.3. The predicted molar refractivity (Wildman–Crippen MR) is 132 cm³/mol. The van der Waals surface area contributed by atoms with Gasteiger partial charge >= 0.3 is 0 Å². The Morgan fingerprint density at radius 3 is 1.38 bits per heavy atom. The van der Waals surface area contributed by atoms with Gasteiger partial charge in [-0.05, 0) is 79.1 Å². The fourth-order valence-corrected chi connectivity index (χ4v) is 3.87. The van der Waals surface area contributed by atoms with Gasteiger partial charge in [0.25, 0.3) is 0 Å². The average molecular weight is 424 g/mol. The van der Waals surface area contributed by atoms with Gasteiger partial charge in [-0.3, -0.25) is 0 Å². The molecule has 0 unspecified atom stereocenters. The zero-order chi connectivity index (χ0) is 22.2. The predicted octanol–water partition coefficient (Wildman–Crippen LogP) is 7.41. The highest BCUT2D eigenvalue weighted by Crippen LogP contribution is 2.34. The van der Waals surface area contributed by atoms with Crippen molar-refractivity contribution >= 4 is 11.4 Å². The molecule has 0 aliphatic carbocycles. The van der Waals surface area contributed by atoms with Gasteiger partial charge in [0.15, 0.2) is 0 Å². The van der Waals surface area contributed by atoms with Crippen molar-refractivity contribution in [2.75, 3.05) is 18.5 Å². The number of benzene rings is 4. The van der Waals surface area contributed by atoms with E-state index in [4.69, 9.17) is 9.47 Å². The fraction of sp³-hybridized carbons (Fsp3) is 0.172. The van der Waals surface area contributed by atoms with Gasteiger partial charge in [0.1, 0.15) is 11.5 Å². The molecule has 32 heavy (non-hydrogen) atoms. The van der Waals surface area contributed by atoms with Crippen LogP contribution in [-0.2, 0) is 0 Å². The van der Waals surface area contributed by atoms with Crippen LogP contribution in [-0.4, -0.2) is 13.2 Å². The van der Waals surface area contributed by atoms with Crippen molar-refractivity contribution in [2.24, 2.45) is 0 Å². The van der Waals surface area contributed by atoms with Crippen LogP contribution in [0.25, 0.3) is 0 Å². The molecule has 162 valence electrons. The Bertz CT molecular complexity index is 1040. The summed E-state index contributed by atoms with van der Waals surface area (Å²) in [6.45, 7) is 5.33. The van der Waals surface area contributed by atoms with Crippen molar-refractivity contribution in [2.45, 2.75) is 19.8 Å². The standard InChI is InChI=1S/C29H29NO2/c1-3-31-27-18-12-23(13-19-27)29(24-14-20-28(21-15-24)32-4-2)22-10-16-26(17-11-22)30-25-8-6-5-7-9-25/h5-21,29-30H,3-4H2,1-2H3. The van der Waals surface area contributed by atoms with Crippen LogP contribution in [0.2, 0.25) is 0 Å². The average Bonchev–Trinajstić information content (AvgIpc) is 2.84. The normalized spacial score (nSPS) is 10.7. The number of hydrogen-bond acceptors (Lipinski definition) is 3. The fourth-order valence-electron chi connectivity index (χ4n) is 3.87. The highest BCUT2D eigenvalue weighted by molar-refractivity contribution is 5.60. The van der Waals surface area contributed by atoms with E-state index >= 15 is 0 Å². The highest BCUT2D eigenvalue weighted by atomic mass is 16.5. The van der Waals surface area contributed by atoms with Crippen LogP contribution in [0, 0.1) is 0 Å². The van der Waals surface area contributed by atoms with Crippen molar-refractivity contribution in [3.05, 3.63) is 120 Å². The first-order chi connectivity index (χ1) is 15.8. The summed E-state index contributed by atoms with van der Waals surface area (Å²) in [4.78, 5) is 0. The van der Waals surface area contributed by atoms with Gasteiger partial charge in [-0.1, -0.05) is 54.6 Å². The molecule has 0 fully saturated rings. The molecule has 0 radical (unpaired) electrons. The number of para-hydroxylation sites is 1. The number of nitrogens with one attached hydrogen (secondary N) is 1. The second-order valence-corrected chi connectivity index (χ2v) is 7.55. The minimum Gasteiger partial charge on any atom is -0.494 e. The van der Waals surface area contributed by atoms with Crippen LogP contribution in [0.1, 0.15) is 36.5 Å². The molecule has 0 aliphatic heterocycles. The van der Waals surface area contributed by atoms with E-state index in [0.717, 1.165) is 22.9 Å². The molecule has 4 rings (SSSR count). The van der Waals surface area contributed by atoms with E-state index in [1.165, 1.54) is 16.7 Å². The van der Waals surface area contributed by atoms with E-state index in [1.807, 2.05) is 56.3 Å². The summed E-state index contributed by atoms with van der Waals surface area (Å²) in [6.07, 6.45) is 0. The van der Waals surface area contributed by atoms with Gasteiger partial charge < -0.3 is 14.8 Å². The molecule has 1 N–H and O–H groups in total. The maximum absolute atomic E-state index is 5.64. The summed E-state index contributed by atoms with van der Waals surface area (Å²) in [5.41, 5.74) is 5.83. The SMILES string of the molecule is CCOc1ccc(C(c2ccc(Nc3ccccc3)cc2)c2ccc(OCC)cc2)cc1. The Hall–Kier alpha value is -3.72. The lowest BCUT2D eigenvalue weighted by Gasteiger charge is -2.20. The summed E-state index contributed by atoms with van der Waals surface area (Å²) in [7, 11) is 0. The van der Waals surface area contributed by atoms with E-state index < -0.39 is 0 Å². The first-order valence-electron chi connectivity index (χ1n) is 11.1. The summed E-state index contributed by atoms with van der Waals surface area (Å²) in [6, 6.07) is 35.7. The van der Waals surface area contributed by atoms with Gasteiger partial charge in [0.05, 0.1) is 13.2 Å². The van der Waals surface area contributed by atoms with Gasteiger partial charge in [0, 0.05) is 17.3 Å².